The quantitative estimate of drug-likeness (QED) is 0.668. The zero-order valence-electron chi connectivity index (χ0n) is 13.6. The Morgan fingerprint density at radius 3 is 2.48 bits per heavy atom. The first kappa shape index (κ1) is 15.4. The lowest BCUT2D eigenvalue weighted by Gasteiger charge is -2.09. The van der Waals surface area contributed by atoms with Crippen molar-refractivity contribution in [3.8, 4) is 23.2 Å². The Balaban J connectivity index is 1.50. The number of nitrogens with zero attached hydrogens (tertiary/aromatic N) is 3. The molecule has 1 aliphatic rings. The zero-order valence-corrected chi connectivity index (χ0v) is 13.6. The molecule has 3 aromatic rings. The summed E-state index contributed by atoms with van der Waals surface area (Å²) in [4.78, 5) is 6.57. The molecule has 0 spiro atoms. The lowest BCUT2D eigenvalue weighted by molar-refractivity contribution is 0.419. The van der Waals surface area contributed by atoms with Crippen LogP contribution in [0.15, 0.2) is 53.1 Å². The van der Waals surface area contributed by atoms with Crippen molar-refractivity contribution in [1.82, 2.24) is 10.1 Å². The number of aromatic nitrogens is 2. The Morgan fingerprint density at radius 1 is 0.960 bits per heavy atom. The number of benzene rings is 2. The molecule has 1 fully saturated rings. The van der Waals surface area contributed by atoms with Gasteiger partial charge in [-0.3, -0.25) is 0 Å². The highest BCUT2D eigenvalue weighted by Gasteiger charge is 2.18. The summed E-state index contributed by atoms with van der Waals surface area (Å²) in [5.41, 5.74) is 2.37. The van der Waals surface area contributed by atoms with Crippen LogP contribution in [0.25, 0.3) is 11.4 Å². The van der Waals surface area contributed by atoms with Gasteiger partial charge in [0.05, 0.1) is 0 Å². The van der Waals surface area contributed by atoms with E-state index in [0.29, 0.717) is 17.4 Å². The maximum absolute atomic E-state index is 13.2. The van der Waals surface area contributed by atoms with Gasteiger partial charge in [0.15, 0.2) is 0 Å². The molecular weight excluding hydrogens is 317 g/mol. The van der Waals surface area contributed by atoms with Crippen LogP contribution in [0.1, 0.15) is 24.0 Å². The molecule has 25 heavy (non-hydrogen) atoms. The van der Waals surface area contributed by atoms with Crippen molar-refractivity contribution >= 4 is 6.01 Å². The minimum Gasteiger partial charge on any atom is -0.324 e. The van der Waals surface area contributed by atoms with Crippen LogP contribution < -0.4 is 4.90 Å². The Labute approximate surface area is 145 Å². The molecule has 0 N–H and O–H groups in total. The van der Waals surface area contributed by atoms with Crippen LogP contribution in [0.2, 0.25) is 0 Å². The van der Waals surface area contributed by atoms with Crippen molar-refractivity contribution in [2.45, 2.75) is 12.8 Å². The largest absolute Gasteiger partial charge is 0.324 e. The molecule has 0 radical (unpaired) electrons. The first-order valence-corrected chi connectivity index (χ1v) is 8.25. The van der Waals surface area contributed by atoms with E-state index in [2.05, 4.69) is 26.9 Å². The van der Waals surface area contributed by atoms with E-state index in [-0.39, 0.29) is 5.82 Å². The van der Waals surface area contributed by atoms with E-state index in [4.69, 9.17) is 4.52 Å². The molecule has 0 aliphatic carbocycles. The summed E-state index contributed by atoms with van der Waals surface area (Å²) < 4.78 is 18.5. The molecule has 1 aliphatic heterocycles. The van der Waals surface area contributed by atoms with Crippen LogP contribution >= 0.6 is 0 Å². The molecule has 0 atom stereocenters. The third kappa shape index (κ3) is 3.53. The average Bonchev–Trinajstić information content (AvgIpc) is 3.32. The lowest BCUT2D eigenvalue weighted by atomic mass is 10.1. The zero-order chi connectivity index (χ0) is 17.1. The fourth-order valence-electron chi connectivity index (χ4n) is 2.78. The van der Waals surface area contributed by atoms with Crippen molar-refractivity contribution in [2.24, 2.45) is 0 Å². The van der Waals surface area contributed by atoms with Gasteiger partial charge in [0.2, 0.25) is 5.82 Å². The first-order valence-electron chi connectivity index (χ1n) is 8.25. The summed E-state index contributed by atoms with van der Waals surface area (Å²) in [6.45, 7) is 1.94. The average molecular weight is 333 g/mol. The predicted octanol–water partition coefficient (Wildman–Crippen LogP) is 3.88. The molecule has 1 saturated heterocycles. The summed E-state index contributed by atoms with van der Waals surface area (Å²) in [7, 11) is 0. The van der Waals surface area contributed by atoms with Gasteiger partial charge in [-0.2, -0.15) is 4.98 Å². The van der Waals surface area contributed by atoms with E-state index in [1.54, 1.807) is 12.1 Å². The Hall–Kier alpha value is -3.13. The second kappa shape index (κ2) is 6.78. The van der Waals surface area contributed by atoms with Crippen molar-refractivity contribution in [1.29, 1.82) is 0 Å². The SMILES string of the molecule is Fc1cccc(C#Cc2ccc(-c3noc(N4CCCC4)n3)cc2)c1. The van der Waals surface area contributed by atoms with Gasteiger partial charge in [0.25, 0.3) is 0 Å². The summed E-state index contributed by atoms with van der Waals surface area (Å²) in [6.07, 6.45) is 2.33. The smallest absolute Gasteiger partial charge is 0.324 e. The van der Waals surface area contributed by atoms with Gasteiger partial charge >= 0.3 is 6.01 Å². The van der Waals surface area contributed by atoms with Crippen LogP contribution in [0.3, 0.4) is 0 Å². The van der Waals surface area contributed by atoms with Crippen LogP contribution in [-0.2, 0) is 0 Å². The van der Waals surface area contributed by atoms with Crippen LogP contribution in [0, 0.1) is 17.7 Å². The molecule has 2 aromatic carbocycles. The van der Waals surface area contributed by atoms with Crippen molar-refractivity contribution in [2.75, 3.05) is 18.0 Å². The summed E-state index contributed by atoms with van der Waals surface area (Å²) >= 11 is 0. The molecule has 2 heterocycles. The van der Waals surface area contributed by atoms with Gasteiger partial charge in [-0.1, -0.05) is 23.1 Å². The topological polar surface area (TPSA) is 42.2 Å². The summed E-state index contributed by atoms with van der Waals surface area (Å²) in [5, 5.41) is 4.06. The Kier molecular flexibility index (Phi) is 4.17. The van der Waals surface area contributed by atoms with Crippen molar-refractivity contribution in [3.05, 3.63) is 65.5 Å². The normalized spacial score (nSPS) is 13.6. The summed E-state index contributed by atoms with van der Waals surface area (Å²) in [6, 6.07) is 14.5. The number of rotatable bonds is 2. The van der Waals surface area contributed by atoms with Gasteiger partial charge in [0.1, 0.15) is 5.82 Å². The molecule has 0 unspecified atom stereocenters. The fraction of sp³-hybridized carbons (Fsp3) is 0.200. The molecule has 5 heteroatoms. The van der Waals surface area contributed by atoms with E-state index < -0.39 is 0 Å². The molecule has 1 aromatic heterocycles. The molecular formula is C20H16FN3O. The molecule has 0 bridgehead atoms. The minimum atomic E-state index is -0.284. The molecule has 4 nitrogen and oxygen atoms in total. The lowest BCUT2D eigenvalue weighted by Crippen LogP contribution is -2.17. The number of hydrogen-bond acceptors (Lipinski definition) is 4. The second-order valence-electron chi connectivity index (χ2n) is 5.93. The van der Waals surface area contributed by atoms with E-state index >= 15 is 0 Å². The fourth-order valence-corrected chi connectivity index (χ4v) is 2.78. The third-order valence-corrected chi connectivity index (χ3v) is 4.11. The van der Waals surface area contributed by atoms with Gasteiger partial charge in [-0.05, 0) is 55.3 Å². The predicted molar refractivity (Wildman–Crippen MR) is 93.6 cm³/mol. The maximum Gasteiger partial charge on any atom is 0.324 e. The van der Waals surface area contributed by atoms with E-state index in [0.717, 1.165) is 37.1 Å². The van der Waals surface area contributed by atoms with Gasteiger partial charge in [-0.15, -0.1) is 0 Å². The number of hydrogen-bond donors (Lipinski definition) is 0. The Bertz CT molecular complexity index is 931. The summed E-state index contributed by atoms with van der Waals surface area (Å²) in [5.74, 6) is 6.27. The van der Waals surface area contributed by atoms with E-state index in [1.807, 2.05) is 24.3 Å². The van der Waals surface area contributed by atoms with Crippen LogP contribution in [0.5, 0.6) is 0 Å². The van der Waals surface area contributed by atoms with Gasteiger partial charge < -0.3 is 9.42 Å². The highest BCUT2D eigenvalue weighted by molar-refractivity contribution is 5.58. The maximum atomic E-state index is 13.2. The van der Waals surface area contributed by atoms with Crippen molar-refractivity contribution in [3.63, 3.8) is 0 Å². The standard InChI is InChI=1S/C20H16FN3O/c21-18-5-3-4-16(14-18)7-6-15-8-10-17(11-9-15)19-22-20(25-23-19)24-12-1-2-13-24/h3-5,8-11,14H,1-2,12-13H2. The first-order chi connectivity index (χ1) is 12.3. The third-order valence-electron chi connectivity index (χ3n) is 4.11. The van der Waals surface area contributed by atoms with Gasteiger partial charge in [-0.25, -0.2) is 4.39 Å². The second-order valence-corrected chi connectivity index (χ2v) is 5.93. The highest BCUT2D eigenvalue weighted by atomic mass is 19.1. The number of halogens is 1. The highest BCUT2D eigenvalue weighted by Crippen LogP contribution is 2.22. The van der Waals surface area contributed by atoms with Crippen LogP contribution in [-0.4, -0.2) is 23.2 Å². The molecule has 0 saturated carbocycles. The molecule has 0 amide bonds. The monoisotopic (exact) mass is 333 g/mol. The van der Waals surface area contributed by atoms with Gasteiger partial charge in [0, 0.05) is 29.8 Å². The minimum absolute atomic E-state index is 0.284. The van der Waals surface area contributed by atoms with Crippen molar-refractivity contribution < 1.29 is 8.91 Å². The molecule has 4 rings (SSSR count). The number of anilines is 1. The Morgan fingerprint density at radius 2 is 1.72 bits per heavy atom. The van der Waals surface area contributed by atoms with E-state index in [1.165, 1.54) is 12.1 Å². The van der Waals surface area contributed by atoms with Crippen LogP contribution in [0.4, 0.5) is 10.4 Å². The van der Waals surface area contributed by atoms with E-state index in [9.17, 15) is 4.39 Å². The molecule has 124 valence electrons.